The maximum atomic E-state index is 10.4. The molecule has 0 bridgehead atoms. The molecule has 0 fully saturated rings. The topological polar surface area (TPSA) is 29.1 Å². The van der Waals surface area contributed by atoms with Gasteiger partial charge in [-0.3, -0.25) is 4.79 Å². The van der Waals surface area contributed by atoms with Crippen LogP contribution in [-0.4, -0.2) is 13.0 Å². The molecule has 8 heavy (non-hydrogen) atoms. The fraction of sp³-hybridized carbons (Fsp3) is 0.800. The average Bonchev–Trinajstić information content (AvgIpc) is 1.65. The SMILES string of the molecule is CNC(=O)C(C)C.[H-].[Li+]. The normalized spacial score (nSPS) is 8.00. The average molecular weight is 109 g/mol. The van der Waals surface area contributed by atoms with Crippen LogP contribution in [0.1, 0.15) is 15.3 Å². The second-order valence-corrected chi connectivity index (χ2v) is 1.77. The molecule has 3 heteroatoms. The molecule has 0 heterocycles. The Kier molecular flexibility index (Phi) is 7.13. The van der Waals surface area contributed by atoms with Crippen molar-refractivity contribution in [3.05, 3.63) is 0 Å². The summed E-state index contributed by atoms with van der Waals surface area (Å²) in [6.07, 6.45) is 0. The van der Waals surface area contributed by atoms with E-state index in [1.807, 2.05) is 13.8 Å². The van der Waals surface area contributed by atoms with Gasteiger partial charge in [0, 0.05) is 13.0 Å². The first-order valence-corrected chi connectivity index (χ1v) is 2.40. The molecule has 0 saturated carbocycles. The molecule has 0 unspecified atom stereocenters. The second-order valence-electron chi connectivity index (χ2n) is 1.77. The van der Waals surface area contributed by atoms with Crippen LogP contribution in [0.25, 0.3) is 0 Å². The van der Waals surface area contributed by atoms with Crippen LogP contribution >= 0.6 is 0 Å². The van der Waals surface area contributed by atoms with Gasteiger partial charge in [0.25, 0.3) is 0 Å². The van der Waals surface area contributed by atoms with E-state index < -0.39 is 0 Å². The van der Waals surface area contributed by atoms with Crippen LogP contribution in [0, 0.1) is 5.92 Å². The molecule has 0 aliphatic rings. The van der Waals surface area contributed by atoms with Crippen LogP contribution in [0.4, 0.5) is 0 Å². The number of hydrogen-bond acceptors (Lipinski definition) is 1. The van der Waals surface area contributed by atoms with Crippen molar-refractivity contribution in [2.24, 2.45) is 5.92 Å². The Morgan fingerprint density at radius 3 is 2.00 bits per heavy atom. The smallest absolute Gasteiger partial charge is 1.00 e. The van der Waals surface area contributed by atoms with Crippen molar-refractivity contribution in [1.29, 1.82) is 0 Å². The van der Waals surface area contributed by atoms with E-state index in [2.05, 4.69) is 5.32 Å². The molecule has 1 N–H and O–H groups in total. The van der Waals surface area contributed by atoms with Crippen LogP contribution in [-0.2, 0) is 4.79 Å². The van der Waals surface area contributed by atoms with Crippen LogP contribution in [0.3, 0.4) is 0 Å². The van der Waals surface area contributed by atoms with Crippen LogP contribution in [0.5, 0.6) is 0 Å². The van der Waals surface area contributed by atoms with E-state index in [1.165, 1.54) is 0 Å². The summed E-state index contributed by atoms with van der Waals surface area (Å²) in [6, 6.07) is 0. The summed E-state index contributed by atoms with van der Waals surface area (Å²) in [4.78, 5) is 10.4. The van der Waals surface area contributed by atoms with Crippen LogP contribution < -0.4 is 24.2 Å². The molecule has 0 aromatic rings. The van der Waals surface area contributed by atoms with Crippen LogP contribution in [0.2, 0.25) is 0 Å². The second kappa shape index (κ2) is 5.21. The molecule has 0 radical (unpaired) electrons. The van der Waals surface area contributed by atoms with E-state index in [-0.39, 0.29) is 32.1 Å². The fourth-order valence-corrected chi connectivity index (χ4v) is 0.289. The van der Waals surface area contributed by atoms with E-state index in [1.54, 1.807) is 7.05 Å². The van der Waals surface area contributed by atoms with Gasteiger partial charge < -0.3 is 6.74 Å². The summed E-state index contributed by atoms with van der Waals surface area (Å²) in [5.41, 5.74) is 0. The summed E-state index contributed by atoms with van der Waals surface area (Å²) in [5, 5.41) is 2.53. The van der Waals surface area contributed by atoms with E-state index in [0.29, 0.717) is 0 Å². The Labute approximate surface area is 63.7 Å². The molecule has 0 spiro atoms. The third-order valence-electron chi connectivity index (χ3n) is 0.771. The molecule has 0 aromatic heterocycles. The van der Waals surface area contributed by atoms with E-state index in [9.17, 15) is 4.79 Å². The minimum absolute atomic E-state index is 0. The van der Waals surface area contributed by atoms with Gasteiger partial charge in [-0.15, -0.1) is 0 Å². The van der Waals surface area contributed by atoms with Gasteiger partial charge in [-0.1, -0.05) is 13.8 Å². The van der Waals surface area contributed by atoms with Gasteiger partial charge >= 0.3 is 18.9 Å². The molecular formula is C5H12LiNO. The van der Waals surface area contributed by atoms with Gasteiger partial charge in [0.1, 0.15) is 0 Å². The molecule has 2 nitrogen and oxygen atoms in total. The number of nitrogens with one attached hydrogen (secondary N) is 1. The first kappa shape index (κ1) is 10.9. The van der Waals surface area contributed by atoms with Gasteiger partial charge in [0.05, 0.1) is 0 Å². The number of carbonyl (C=O) groups excluding carboxylic acids is 1. The van der Waals surface area contributed by atoms with E-state index in [4.69, 9.17) is 0 Å². The first-order valence-electron chi connectivity index (χ1n) is 2.40. The van der Waals surface area contributed by atoms with E-state index >= 15 is 0 Å². The molecule has 0 atom stereocenters. The Morgan fingerprint density at radius 1 is 1.62 bits per heavy atom. The number of carbonyl (C=O) groups is 1. The van der Waals surface area contributed by atoms with Crippen molar-refractivity contribution in [3.63, 3.8) is 0 Å². The van der Waals surface area contributed by atoms with Gasteiger partial charge in [0.2, 0.25) is 5.91 Å². The first-order chi connectivity index (χ1) is 3.18. The quantitative estimate of drug-likeness (QED) is 0.371. The molecule has 0 aliphatic carbocycles. The molecule has 0 aliphatic heterocycles. The number of amides is 1. The van der Waals surface area contributed by atoms with Gasteiger partial charge in [-0.25, -0.2) is 0 Å². The maximum absolute atomic E-state index is 10.4. The van der Waals surface area contributed by atoms with Crippen molar-refractivity contribution in [2.75, 3.05) is 7.05 Å². The molecule has 44 valence electrons. The minimum Gasteiger partial charge on any atom is -1.00 e. The third-order valence-corrected chi connectivity index (χ3v) is 0.771. The van der Waals surface area contributed by atoms with Crippen molar-refractivity contribution in [1.82, 2.24) is 5.32 Å². The summed E-state index contributed by atoms with van der Waals surface area (Å²) < 4.78 is 0. The number of rotatable bonds is 1. The molecular weight excluding hydrogens is 97.0 g/mol. The molecule has 0 saturated heterocycles. The summed E-state index contributed by atoms with van der Waals surface area (Å²) in [7, 11) is 1.64. The third kappa shape index (κ3) is 4.23. The predicted molar refractivity (Wildman–Crippen MR) is 30.0 cm³/mol. The van der Waals surface area contributed by atoms with E-state index in [0.717, 1.165) is 0 Å². The summed E-state index contributed by atoms with van der Waals surface area (Å²) in [5.74, 6) is 0.213. The number of hydrogen-bond donors (Lipinski definition) is 1. The fourth-order valence-electron chi connectivity index (χ4n) is 0.289. The van der Waals surface area contributed by atoms with Crippen molar-refractivity contribution >= 4 is 5.91 Å². The van der Waals surface area contributed by atoms with Gasteiger partial charge in [0.15, 0.2) is 0 Å². The zero-order chi connectivity index (χ0) is 5.86. The van der Waals surface area contributed by atoms with Gasteiger partial charge in [-0.05, 0) is 0 Å². The van der Waals surface area contributed by atoms with Crippen molar-refractivity contribution in [2.45, 2.75) is 13.8 Å². The predicted octanol–water partition coefficient (Wildman–Crippen LogP) is -2.50. The Balaban J connectivity index is -0.000000180. The van der Waals surface area contributed by atoms with Crippen LogP contribution in [0.15, 0.2) is 0 Å². The zero-order valence-electron chi connectivity index (χ0n) is 6.99. The molecule has 0 rings (SSSR count). The Bertz CT molecular complexity index is 77.4. The van der Waals surface area contributed by atoms with Gasteiger partial charge in [-0.2, -0.15) is 0 Å². The Hall–Kier alpha value is 0.0674. The Morgan fingerprint density at radius 2 is 2.00 bits per heavy atom. The standard InChI is InChI=1S/C5H11NO.Li.H/c1-4(2)5(7)6-3;;/h4H,1-3H3,(H,6,7);;/q;+1;-1. The largest absolute Gasteiger partial charge is 1.00 e. The maximum Gasteiger partial charge on any atom is 1.00 e. The molecule has 1 amide bonds. The van der Waals surface area contributed by atoms with Crippen molar-refractivity contribution < 1.29 is 25.1 Å². The zero-order valence-corrected chi connectivity index (χ0v) is 5.99. The monoisotopic (exact) mass is 109 g/mol. The van der Waals surface area contributed by atoms with Crippen molar-refractivity contribution in [3.8, 4) is 0 Å². The molecule has 0 aromatic carbocycles. The summed E-state index contributed by atoms with van der Waals surface area (Å²) in [6.45, 7) is 3.72. The summed E-state index contributed by atoms with van der Waals surface area (Å²) >= 11 is 0. The minimum atomic E-state index is 0.